The highest BCUT2D eigenvalue weighted by Crippen LogP contribution is 2.40. The van der Waals surface area contributed by atoms with Crippen molar-refractivity contribution in [3.63, 3.8) is 0 Å². The zero-order valence-electron chi connectivity index (χ0n) is 23.1. The van der Waals surface area contributed by atoms with Crippen molar-refractivity contribution in [2.45, 2.75) is 36.4 Å². The molecule has 1 atom stereocenters. The molecular formula is C30H34N8O2S. The first-order chi connectivity index (χ1) is 19.9. The van der Waals surface area contributed by atoms with E-state index >= 15 is 0 Å². The minimum absolute atomic E-state index is 0.178. The summed E-state index contributed by atoms with van der Waals surface area (Å²) < 4.78 is 30.4. The summed E-state index contributed by atoms with van der Waals surface area (Å²) in [7, 11) is -2.05. The van der Waals surface area contributed by atoms with E-state index in [1.807, 2.05) is 47.0 Å². The van der Waals surface area contributed by atoms with E-state index in [4.69, 9.17) is 9.97 Å². The van der Waals surface area contributed by atoms with E-state index in [9.17, 15) is 8.42 Å². The fourth-order valence-electron chi connectivity index (χ4n) is 5.72. The Balaban J connectivity index is 1.27. The normalized spacial score (nSPS) is 18.4. The minimum Gasteiger partial charge on any atom is -0.365 e. The van der Waals surface area contributed by atoms with Crippen molar-refractivity contribution in [1.82, 2.24) is 24.8 Å². The number of aromatic nitrogens is 4. The van der Waals surface area contributed by atoms with E-state index in [-0.39, 0.29) is 12.1 Å². The summed E-state index contributed by atoms with van der Waals surface area (Å²) in [4.78, 5) is 16.8. The maximum Gasteiger partial charge on any atom is 0.264 e. The number of nitrogens with one attached hydrogen (secondary N) is 2. The summed E-state index contributed by atoms with van der Waals surface area (Å²) in [5.41, 5.74) is 3.90. The van der Waals surface area contributed by atoms with Gasteiger partial charge >= 0.3 is 0 Å². The lowest BCUT2D eigenvalue weighted by Crippen LogP contribution is -2.44. The van der Waals surface area contributed by atoms with Crippen LogP contribution in [0.4, 0.5) is 17.5 Å². The molecule has 0 radical (unpaired) electrons. The van der Waals surface area contributed by atoms with Gasteiger partial charge in [0, 0.05) is 39.3 Å². The van der Waals surface area contributed by atoms with Crippen molar-refractivity contribution in [2.75, 3.05) is 41.2 Å². The third kappa shape index (κ3) is 4.85. The molecule has 0 saturated carbocycles. The van der Waals surface area contributed by atoms with Crippen LogP contribution in [-0.4, -0.2) is 60.7 Å². The van der Waals surface area contributed by atoms with Crippen LogP contribution in [0.25, 0.3) is 11.2 Å². The first kappa shape index (κ1) is 27.0. The molecule has 2 N–H and O–H groups in total. The van der Waals surface area contributed by atoms with E-state index in [0.29, 0.717) is 35.4 Å². The monoisotopic (exact) mass is 570 g/mol. The maximum absolute atomic E-state index is 13.5. The van der Waals surface area contributed by atoms with Gasteiger partial charge in [0.15, 0.2) is 17.0 Å². The third-order valence-corrected chi connectivity index (χ3v) is 9.67. The molecule has 4 aromatic rings. The van der Waals surface area contributed by atoms with Crippen LogP contribution in [-0.2, 0) is 16.6 Å². The second-order valence-electron chi connectivity index (χ2n) is 10.3. The number of hydrogen-bond acceptors (Lipinski definition) is 8. The SMILES string of the molecule is C=CCNc1nc(N2CCC(NC3c4ccccc4N(C)S(=O)(=O)c4ccccc43)CC2)nc2c1ncn2CC=C. The van der Waals surface area contributed by atoms with E-state index in [0.717, 1.165) is 48.2 Å². The predicted molar refractivity (Wildman–Crippen MR) is 163 cm³/mol. The lowest BCUT2D eigenvalue weighted by molar-refractivity contribution is 0.387. The number of fused-ring (bicyclic) bond motifs is 3. The summed E-state index contributed by atoms with van der Waals surface area (Å²) in [5.74, 6) is 1.34. The van der Waals surface area contributed by atoms with Gasteiger partial charge in [0.1, 0.15) is 0 Å². The molecule has 11 heteroatoms. The van der Waals surface area contributed by atoms with Crippen LogP contribution in [0, 0.1) is 0 Å². The number of nitrogens with zero attached hydrogens (tertiary/aromatic N) is 6. The molecule has 0 aliphatic carbocycles. The van der Waals surface area contributed by atoms with Crippen molar-refractivity contribution >= 4 is 38.6 Å². The first-order valence-electron chi connectivity index (χ1n) is 13.8. The molecule has 6 rings (SSSR count). The van der Waals surface area contributed by atoms with Crippen molar-refractivity contribution in [2.24, 2.45) is 0 Å². The third-order valence-electron chi connectivity index (χ3n) is 7.83. The van der Waals surface area contributed by atoms with Gasteiger partial charge in [-0.15, -0.1) is 13.2 Å². The van der Waals surface area contributed by atoms with Crippen molar-refractivity contribution < 1.29 is 8.42 Å². The smallest absolute Gasteiger partial charge is 0.264 e. The maximum atomic E-state index is 13.5. The number of rotatable bonds is 8. The number of benzene rings is 2. The zero-order valence-corrected chi connectivity index (χ0v) is 23.9. The van der Waals surface area contributed by atoms with Gasteiger partial charge in [-0.3, -0.25) is 4.31 Å². The van der Waals surface area contributed by atoms with E-state index < -0.39 is 10.0 Å². The molecule has 212 valence electrons. The van der Waals surface area contributed by atoms with E-state index in [2.05, 4.69) is 33.7 Å². The molecule has 10 nitrogen and oxygen atoms in total. The number of hydrogen-bond donors (Lipinski definition) is 2. The average Bonchev–Trinajstić information content (AvgIpc) is 3.39. The van der Waals surface area contributed by atoms with Gasteiger partial charge in [0.25, 0.3) is 10.0 Å². The van der Waals surface area contributed by atoms with Gasteiger partial charge in [0.2, 0.25) is 5.95 Å². The number of allylic oxidation sites excluding steroid dienone is 1. The average molecular weight is 571 g/mol. The Morgan fingerprint density at radius 1 is 1.00 bits per heavy atom. The van der Waals surface area contributed by atoms with Gasteiger partial charge in [-0.1, -0.05) is 48.6 Å². The first-order valence-corrected chi connectivity index (χ1v) is 15.2. The Kier molecular flexibility index (Phi) is 7.22. The molecule has 0 amide bonds. The predicted octanol–water partition coefficient (Wildman–Crippen LogP) is 4.10. The standard InChI is InChI=1S/C30H34N8O2S/c1-4-16-31-28-27-29(38(17-5-2)20-32-27)35-30(34-28)37-18-14-21(15-19-37)33-26-22-10-6-8-12-24(22)36(3)41(39,40)25-13-9-7-11-23(25)26/h4-13,20-21,26,33H,1-2,14-19H2,3H3,(H,31,34,35). The fourth-order valence-corrected chi connectivity index (χ4v) is 7.17. The fraction of sp³-hybridized carbons (Fsp3) is 0.300. The van der Waals surface area contributed by atoms with Crippen molar-refractivity contribution in [1.29, 1.82) is 0 Å². The number of para-hydroxylation sites is 1. The number of imidazole rings is 1. The molecule has 2 aliphatic heterocycles. The van der Waals surface area contributed by atoms with Gasteiger partial charge < -0.3 is 20.1 Å². The number of sulfonamides is 1. The Hall–Kier alpha value is -4.22. The van der Waals surface area contributed by atoms with Crippen molar-refractivity contribution in [3.05, 3.63) is 91.3 Å². The summed E-state index contributed by atoms with van der Waals surface area (Å²) in [6.45, 7) is 10.4. The highest BCUT2D eigenvalue weighted by atomic mass is 32.2. The van der Waals surface area contributed by atoms with Crippen molar-refractivity contribution in [3.8, 4) is 0 Å². The molecule has 1 fully saturated rings. The number of piperidine rings is 1. The summed E-state index contributed by atoms with van der Waals surface area (Å²) >= 11 is 0. The molecule has 2 aliphatic rings. The minimum atomic E-state index is -3.68. The van der Waals surface area contributed by atoms with Crippen LogP contribution in [0.2, 0.25) is 0 Å². The molecule has 0 spiro atoms. The Labute approximate surface area is 240 Å². The molecule has 1 saturated heterocycles. The van der Waals surface area contributed by atoms with E-state index in [1.165, 1.54) is 4.31 Å². The summed E-state index contributed by atoms with van der Waals surface area (Å²) in [6, 6.07) is 15.0. The largest absolute Gasteiger partial charge is 0.365 e. The second-order valence-corrected chi connectivity index (χ2v) is 12.3. The van der Waals surface area contributed by atoms with Gasteiger partial charge in [-0.05, 0) is 36.1 Å². The Morgan fingerprint density at radius 2 is 1.73 bits per heavy atom. The number of anilines is 3. The molecule has 0 bridgehead atoms. The van der Waals surface area contributed by atoms with E-state index in [1.54, 1.807) is 31.6 Å². The van der Waals surface area contributed by atoms with Crippen LogP contribution < -0.4 is 19.8 Å². The van der Waals surface area contributed by atoms with Crippen LogP contribution in [0.15, 0.2) is 85.1 Å². The van der Waals surface area contributed by atoms with Crippen LogP contribution in [0.1, 0.15) is 30.0 Å². The molecule has 41 heavy (non-hydrogen) atoms. The quantitative estimate of drug-likeness (QED) is 0.305. The molecule has 2 aromatic carbocycles. The molecule has 1 unspecified atom stereocenters. The molecule has 4 heterocycles. The molecule has 2 aromatic heterocycles. The Bertz CT molecular complexity index is 1710. The van der Waals surface area contributed by atoms with Gasteiger partial charge in [0.05, 0.1) is 23.0 Å². The second kappa shape index (κ2) is 11.0. The molecular weight excluding hydrogens is 536 g/mol. The van der Waals surface area contributed by atoms with Gasteiger partial charge in [-0.2, -0.15) is 9.97 Å². The highest BCUT2D eigenvalue weighted by Gasteiger charge is 2.36. The lowest BCUT2D eigenvalue weighted by atomic mass is 9.94. The Morgan fingerprint density at radius 3 is 2.49 bits per heavy atom. The zero-order chi connectivity index (χ0) is 28.6. The van der Waals surface area contributed by atoms with Gasteiger partial charge in [-0.25, -0.2) is 13.4 Å². The van der Waals surface area contributed by atoms with Crippen LogP contribution in [0.3, 0.4) is 0 Å². The summed E-state index contributed by atoms with van der Waals surface area (Å²) in [5, 5.41) is 7.13. The lowest BCUT2D eigenvalue weighted by Gasteiger charge is -2.35. The van der Waals surface area contributed by atoms with Crippen LogP contribution >= 0.6 is 0 Å². The highest BCUT2D eigenvalue weighted by molar-refractivity contribution is 7.92. The topological polar surface area (TPSA) is 108 Å². The van der Waals surface area contributed by atoms with Crippen LogP contribution in [0.5, 0.6) is 0 Å². The summed E-state index contributed by atoms with van der Waals surface area (Å²) in [6.07, 6.45) is 7.08.